The van der Waals surface area contributed by atoms with Crippen LogP contribution in [0, 0.1) is 30.4 Å². The van der Waals surface area contributed by atoms with Crippen molar-refractivity contribution < 1.29 is 18.3 Å². The van der Waals surface area contributed by atoms with Gasteiger partial charge in [0.05, 0.1) is 13.2 Å². The molecule has 0 atom stereocenters. The minimum atomic E-state index is -0.463. The first-order chi connectivity index (χ1) is 15.0. The van der Waals surface area contributed by atoms with Gasteiger partial charge in [0.2, 0.25) is 0 Å². The molecule has 4 heteroatoms. The van der Waals surface area contributed by atoms with Gasteiger partial charge >= 0.3 is 0 Å². The van der Waals surface area contributed by atoms with Crippen LogP contribution in [0.25, 0.3) is 0 Å². The number of rotatable bonds is 6. The van der Waals surface area contributed by atoms with Crippen LogP contribution in [0.1, 0.15) is 67.2 Å². The van der Waals surface area contributed by atoms with Crippen molar-refractivity contribution in [3.05, 3.63) is 70.3 Å². The van der Waals surface area contributed by atoms with Crippen LogP contribution >= 0.6 is 0 Å². The van der Waals surface area contributed by atoms with Crippen molar-refractivity contribution in [3.63, 3.8) is 0 Å². The number of hydrogen-bond donors (Lipinski definition) is 0. The summed E-state index contributed by atoms with van der Waals surface area (Å²) in [5, 5.41) is 0. The van der Waals surface area contributed by atoms with Gasteiger partial charge < -0.3 is 9.47 Å². The second kappa shape index (κ2) is 10.2. The standard InChI is InChI=1S/C27H34F2O2/c1-3-19-16-30-27(31-17-19)24-12-10-23(11-13-24)22-8-6-20(7-9-22)4-5-21-14-25(28)18(2)26(29)15-21/h6-9,14-15,19,23-24,27H,3-5,10-13,16-17H2,1-2H3. The first kappa shape index (κ1) is 22.4. The quantitative estimate of drug-likeness (QED) is 0.508. The molecule has 2 fully saturated rings. The average molecular weight is 429 g/mol. The van der Waals surface area contributed by atoms with Crippen molar-refractivity contribution in [1.29, 1.82) is 0 Å². The maximum atomic E-state index is 13.7. The molecule has 0 spiro atoms. The van der Waals surface area contributed by atoms with E-state index >= 15 is 0 Å². The highest BCUT2D eigenvalue weighted by Gasteiger charge is 2.32. The lowest BCUT2D eigenvalue weighted by molar-refractivity contribution is -0.228. The first-order valence-electron chi connectivity index (χ1n) is 11.8. The smallest absolute Gasteiger partial charge is 0.160 e. The molecule has 1 heterocycles. The third-order valence-electron chi connectivity index (χ3n) is 7.22. The van der Waals surface area contributed by atoms with E-state index in [4.69, 9.17) is 9.47 Å². The van der Waals surface area contributed by atoms with Crippen molar-refractivity contribution in [3.8, 4) is 0 Å². The Bertz CT molecular complexity index is 825. The zero-order chi connectivity index (χ0) is 21.8. The Hall–Kier alpha value is -1.78. The Balaban J connectivity index is 1.26. The molecule has 1 saturated carbocycles. The molecule has 168 valence electrons. The van der Waals surface area contributed by atoms with Gasteiger partial charge in [0.1, 0.15) is 11.6 Å². The third kappa shape index (κ3) is 5.53. The third-order valence-corrected chi connectivity index (χ3v) is 7.22. The van der Waals surface area contributed by atoms with Gasteiger partial charge in [0.25, 0.3) is 0 Å². The van der Waals surface area contributed by atoms with Crippen LogP contribution in [0.4, 0.5) is 8.78 Å². The monoisotopic (exact) mass is 428 g/mol. The number of ether oxygens (including phenoxy) is 2. The van der Waals surface area contributed by atoms with E-state index in [1.54, 1.807) is 0 Å². The van der Waals surface area contributed by atoms with E-state index in [1.807, 2.05) is 0 Å². The van der Waals surface area contributed by atoms with Gasteiger partial charge in [-0.05, 0) is 86.6 Å². The second-order valence-electron chi connectivity index (χ2n) is 9.35. The fourth-order valence-corrected chi connectivity index (χ4v) is 4.88. The number of halogens is 2. The van der Waals surface area contributed by atoms with Crippen molar-refractivity contribution in [2.75, 3.05) is 13.2 Å². The summed E-state index contributed by atoms with van der Waals surface area (Å²) in [6, 6.07) is 11.7. The summed E-state index contributed by atoms with van der Waals surface area (Å²) in [6.07, 6.45) is 7.18. The fourth-order valence-electron chi connectivity index (χ4n) is 4.88. The lowest BCUT2D eigenvalue weighted by Gasteiger charge is -2.37. The van der Waals surface area contributed by atoms with Gasteiger partial charge in [0, 0.05) is 17.4 Å². The topological polar surface area (TPSA) is 18.5 Å². The van der Waals surface area contributed by atoms with E-state index in [-0.39, 0.29) is 11.9 Å². The Morgan fingerprint density at radius 2 is 1.42 bits per heavy atom. The largest absolute Gasteiger partial charge is 0.352 e. The predicted molar refractivity (Wildman–Crippen MR) is 119 cm³/mol. The van der Waals surface area contributed by atoms with Gasteiger partial charge in [-0.1, -0.05) is 31.2 Å². The van der Waals surface area contributed by atoms with E-state index < -0.39 is 11.6 Å². The summed E-state index contributed by atoms with van der Waals surface area (Å²) in [7, 11) is 0. The van der Waals surface area contributed by atoms with Gasteiger partial charge in [-0.3, -0.25) is 0 Å². The average Bonchev–Trinajstić information content (AvgIpc) is 2.81. The van der Waals surface area contributed by atoms with Crippen LogP contribution in [0.2, 0.25) is 0 Å². The molecule has 2 aliphatic rings. The molecule has 0 N–H and O–H groups in total. The molecule has 0 aromatic heterocycles. The Kier molecular flexibility index (Phi) is 7.39. The number of benzene rings is 2. The zero-order valence-electron chi connectivity index (χ0n) is 18.7. The SMILES string of the molecule is CCC1COC(C2CCC(c3ccc(CCc4cc(F)c(C)c(F)c4)cc3)CC2)OC1. The van der Waals surface area contributed by atoms with E-state index in [0.29, 0.717) is 29.7 Å². The maximum absolute atomic E-state index is 13.7. The minimum Gasteiger partial charge on any atom is -0.352 e. The summed E-state index contributed by atoms with van der Waals surface area (Å²) < 4.78 is 39.5. The van der Waals surface area contributed by atoms with E-state index in [0.717, 1.165) is 38.9 Å². The first-order valence-corrected chi connectivity index (χ1v) is 11.8. The van der Waals surface area contributed by atoms with Crippen LogP contribution < -0.4 is 0 Å². The highest BCUT2D eigenvalue weighted by atomic mass is 19.1. The molecule has 1 saturated heterocycles. The van der Waals surface area contributed by atoms with Gasteiger partial charge in [-0.15, -0.1) is 0 Å². The molecule has 2 nitrogen and oxygen atoms in total. The zero-order valence-corrected chi connectivity index (χ0v) is 18.7. The molecule has 0 unspecified atom stereocenters. The van der Waals surface area contributed by atoms with Gasteiger partial charge in [-0.25, -0.2) is 8.78 Å². The normalized spacial score (nSPS) is 26.7. The molecular weight excluding hydrogens is 394 g/mol. The van der Waals surface area contributed by atoms with Crippen LogP contribution in [-0.2, 0) is 22.3 Å². The lowest BCUT2D eigenvalue weighted by atomic mass is 9.78. The minimum absolute atomic E-state index is 0.0115. The lowest BCUT2D eigenvalue weighted by Crippen LogP contribution is -2.38. The summed E-state index contributed by atoms with van der Waals surface area (Å²) in [5.74, 6) is 0.738. The Morgan fingerprint density at radius 1 is 0.839 bits per heavy atom. The molecule has 4 rings (SSSR count). The van der Waals surface area contributed by atoms with E-state index in [2.05, 4.69) is 31.2 Å². The molecule has 31 heavy (non-hydrogen) atoms. The Morgan fingerprint density at radius 3 is 2.00 bits per heavy atom. The second-order valence-corrected chi connectivity index (χ2v) is 9.35. The molecular formula is C27H34F2O2. The van der Waals surface area contributed by atoms with Crippen molar-refractivity contribution in [2.24, 2.45) is 11.8 Å². The molecule has 2 aromatic carbocycles. The highest BCUT2D eigenvalue weighted by Crippen LogP contribution is 2.39. The molecule has 1 aliphatic carbocycles. The summed E-state index contributed by atoms with van der Waals surface area (Å²) in [4.78, 5) is 0. The van der Waals surface area contributed by atoms with Crippen molar-refractivity contribution in [2.45, 2.75) is 71.0 Å². The number of aryl methyl sites for hydroxylation is 2. The highest BCUT2D eigenvalue weighted by molar-refractivity contribution is 5.29. The molecule has 0 bridgehead atoms. The maximum Gasteiger partial charge on any atom is 0.160 e. The fraction of sp³-hybridized carbons (Fsp3) is 0.556. The Labute approximate surface area is 185 Å². The molecule has 1 aliphatic heterocycles. The van der Waals surface area contributed by atoms with Gasteiger partial charge in [0.15, 0.2) is 6.29 Å². The predicted octanol–water partition coefficient (Wildman–Crippen LogP) is 6.73. The van der Waals surface area contributed by atoms with Crippen LogP contribution in [0.15, 0.2) is 36.4 Å². The van der Waals surface area contributed by atoms with Crippen LogP contribution in [0.3, 0.4) is 0 Å². The van der Waals surface area contributed by atoms with Crippen molar-refractivity contribution in [1.82, 2.24) is 0 Å². The summed E-state index contributed by atoms with van der Waals surface area (Å²) in [5.41, 5.74) is 3.40. The molecule has 0 amide bonds. The molecule has 2 aromatic rings. The summed E-state index contributed by atoms with van der Waals surface area (Å²) >= 11 is 0. The summed E-state index contributed by atoms with van der Waals surface area (Å²) in [6.45, 7) is 5.34. The van der Waals surface area contributed by atoms with Crippen LogP contribution in [0.5, 0.6) is 0 Å². The van der Waals surface area contributed by atoms with Crippen LogP contribution in [-0.4, -0.2) is 19.5 Å². The number of hydrogen-bond acceptors (Lipinski definition) is 2. The van der Waals surface area contributed by atoms with E-state index in [1.165, 1.54) is 43.0 Å². The molecule has 0 radical (unpaired) electrons. The van der Waals surface area contributed by atoms with Gasteiger partial charge in [-0.2, -0.15) is 0 Å². The van der Waals surface area contributed by atoms with Crippen molar-refractivity contribution >= 4 is 0 Å². The van der Waals surface area contributed by atoms with E-state index in [9.17, 15) is 8.78 Å².